The smallest absolute Gasteiger partial charge is 0.354 e. The Morgan fingerprint density at radius 1 is 1.53 bits per heavy atom. The van der Waals surface area contributed by atoms with Gasteiger partial charge in [-0.3, -0.25) is 9.24 Å². The Morgan fingerprint density at radius 3 is 2.74 bits per heavy atom. The monoisotopic (exact) mass is 300 g/mol. The molecular formula is C11H17N4O2PS. The van der Waals surface area contributed by atoms with Gasteiger partial charge in [0.15, 0.2) is 5.57 Å². The van der Waals surface area contributed by atoms with Crippen molar-refractivity contribution < 1.29 is 9.09 Å². The molecule has 1 fully saturated rings. The summed E-state index contributed by atoms with van der Waals surface area (Å²) in [5.74, 6) is 1.03. The van der Waals surface area contributed by atoms with Gasteiger partial charge in [0, 0.05) is 18.8 Å². The van der Waals surface area contributed by atoms with Crippen molar-refractivity contribution in [2.45, 2.75) is 20.3 Å². The van der Waals surface area contributed by atoms with Gasteiger partial charge in [-0.1, -0.05) is 6.92 Å². The van der Waals surface area contributed by atoms with E-state index in [1.807, 2.05) is 19.1 Å². The van der Waals surface area contributed by atoms with Gasteiger partial charge in [0.2, 0.25) is 0 Å². The maximum Gasteiger partial charge on any atom is 0.354 e. The highest BCUT2D eigenvalue weighted by Crippen LogP contribution is 2.64. The van der Waals surface area contributed by atoms with Crippen LogP contribution in [-0.4, -0.2) is 30.1 Å². The third-order valence-corrected chi connectivity index (χ3v) is 7.31. The van der Waals surface area contributed by atoms with Crippen molar-refractivity contribution >= 4 is 18.1 Å². The summed E-state index contributed by atoms with van der Waals surface area (Å²) in [4.78, 5) is 0. The van der Waals surface area contributed by atoms with Crippen molar-refractivity contribution in [3.63, 3.8) is 0 Å². The van der Waals surface area contributed by atoms with Crippen molar-refractivity contribution in [3.8, 4) is 12.1 Å². The molecule has 1 unspecified atom stereocenters. The molecule has 8 heteroatoms. The van der Waals surface area contributed by atoms with Crippen molar-refractivity contribution in [3.05, 3.63) is 11.4 Å². The van der Waals surface area contributed by atoms with E-state index in [4.69, 9.17) is 15.0 Å². The summed E-state index contributed by atoms with van der Waals surface area (Å²) in [6.45, 7) is 2.03. The molecular weight excluding hydrogens is 283 g/mol. The SMILES string of the molecule is CCCSP(=O)(OCC)N1CCNC1=C(C#N)C#N. The van der Waals surface area contributed by atoms with Crippen LogP contribution in [0.5, 0.6) is 0 Å². The van der Waals surface area contributed by atoms with Gasteiger partial charge in [0.1, 0.15) is 18.0 Å². The molecule has 1 N–H and O–H groups in total. The fourth-order valence-electron chi connectivity index (χ4n) is 1.62. The fraction of sp³-hybridized carbons (Fsp3) is 0.636. The number of nitriles is 2. The molecule has 1 rings (SSSR count). The van der Waals surface area contributed by atoms with Crippen LogP contribution in [0.4, 0.5) is 0 Å². The molecule has 1 aliphatic heterocycles. The lowest BCUT2D eigenvalue weighted by molar-refractivity contribution is 0.311. The first-order valence-electron chi connectivity index (χ1n) is 6.08. The normalized spacial score (nSPS) is 17.3. The Hall–Kier alpha value is -1.14. The Morgan fingerprint density at radius 2 is 2.21 bits per heavy atom. The Bertz CT molecular complexity index is 464. The molecule has 1 heterocycles. The average Bonchev–Trinajstić information content (AvgIpc) is 2.88. The number of nitrogens with zero attached hydrogens (tertiary/aromatic N) is 3. The van der Waals surface area contributed by atoms with Crippen LogP contribution in [0, 0.1) is 22.7 Å². The highest BCUT2D eigenvalue weighted by Gasteiger charge is 2.38. The second-order valence-electron chi connectivity index (χ2n) is 3.72. The van der Waals surface area contributed by atoms with Gasteiger partial charge in [-0.15, -0.1) is 0 Å². The second-order valence-corrected chi connectivity index (χ2v) is 8.22. The van der Waals surface area contributed by atoms with Gasteiger partial charge in [0.25, 0.3) is 0 Å². The van der Waals surface area contributed by atoms with E-state index >= 15 is 0 Å². The summed E-state index contributed by atoms with van der Waals surface area (Å²) >= 11 is 1.25. The van der Waals surface area contributed by atoms with Crippen LogP contribution in [-0.2, 0) is 9.09 Å². The zero-order chi connectivity index (χ0) is 14.3. The Balaban J connectivity index is 3.09. The topological polar surface area (TPSA) is 89.2 Å². The lowest BCUT2D eigenvalue weighted by Gasteiger charge is -2.28. The molecule has 6 nitrogen and oxygen atoms in total. The van der Waals surface area contributed by atoms with Crippen molar-refractivity contribution in [1.82, 2.24) is 9.99 Å². The first kappa shape index (κ1) is 15.9. The summed E-state index contributed by atoms with van der Waals surface area (Å²) in [7, 11) is 0. The van der Waals surface area contributed by atoms with Crippen LogP contribution in [0.2, 0.25) is 0 Å². The minimum atomic E-state index is -3.09. The lowest BCUT2D eigenvalue weighted by atomic mass is 10.3. The minimum absolute atomic E-state index is 0.0606. The van der Waals surface area contributed by atoms with E-state index in [2.05, 4.69) is 5.32 Å². The second kappa shape index (κ2) is 7.45. The van der Waals surface area contributed by atoms with Crippen LogP contribution in [0.15, 0.2) is 11.4 Å². The fourth-order valence-corrected chi connectivity index (χ4v) is 6.16. The summed E-state index contributed by atoms with van der Waals surface area (Å²) < 4.78 is 19.9. The zero-order valence-electron chi connectivity index (χ0n) is 11.0. The van der Waals surface area contributed by atoms with Gasteiger partial charge in [-0.2, -0.15) is 10.5 Å². The largest absolute Gasteiger partial charge is 0.368 e. The number of nitrogens with one attached hydrogen (secondary N) is 1. The van der Waals surface area contributed by atoms with E-state index < -0.39 is 6.72 Å². The molecule has 0 aromatic carbocycles. The number of hydrogen-bond donors (Lipinski definition) is 1. The summed E-state index contributed by atoms with van der Waals surface area (Å²) in [6.07, 6.45) is 0.880. The molecule has 0 spiro atoms. The molecule has 0 aromatic rings. The Kier molecular flexibility index (Phi) is 6.24. The average molecular weight is 300 g/mol. The third-order valence-electron chi connectivity index (χ3n) is 2.38. The summed E-state index contributed by atoms with van der Waals surface area (Å²) in [6, 6.07) is 3.64. The lowest BCUT2D eigenvalue weighted by Crippen LogP contribution is -2.19. The van der Waals surface area contributed by atoms with Gasteiger partial charge in [-0.25, -0.2) is 0 Å². The highest BCUT2D eigenvalue weighted by molar-refractivity contribution is 8.55. The quantitative estimate of drug-likeness (QED) is 0.595. The van der Waals surface area contributed by atoms with Crippen LogP contribution >= 0.6 is 18.1 Å². The number of rotatable bonds is 6. The molecule has 0 aliphatic carbocycles. The van der Waals surface area contributed by atoms with Gasteiger partial charge >= 0.3 is 6.72 Å². The van der Waals surface area contributed by atoms with Crippen LogP contribution in [0.1, 0.15) is 20.3 Å². The molecule has 1 atom stereocenters. The van der Waals surface area contributed by atoms with E-state index in [1.54, 1.807) is 11.6 Å². The van der Waals surface area contributed by atoms with Gasteiger partial charge < -0.3 is 9.84 Å². The molecule has 0 radical (unpaired) electrons. The number of allylic oxidation sites excluding steroid dienone is 1. The van der Waals surface area contributed by atoms with Crippen molar-refractivity contribution in [2.75, 3.05) is 25.4 Å². The highest BCUT2D eigenvalue weighted by atomic mass is 32.7. The molecule has 19 heavy (non-hydrogen) atoms. The van der Waals surface area contributed by atoms with E-state index in [-0.39, 0.29) is 5.57 Å². The maximum atomic E-state index is 12.9. The number of hydrogen-bond acceptors (Lipinski definition) is 6. The molecule has 104 valence electrons. The summed E-state index contributed by atoms with van der Waals surface area (Å²) in [5.41, 5.74) is -0.0606. The molecule has 1 aliphatic rings. The molecule has 0 aromatic heterocycles. The van der Waals surface area contributed by atoms with Gasteiger partial charge in [-0.05, 0) is 24.7 Å². The standard InChI is InChI=1S/C11H17N4O2PS/c1-3-7-19-18(16,17-4-2)15-6-5-14-11(15)10(8-12)9-13/h14H,3-7H2,1-2H3. The van der Waals surface area contributed by atoms with Crippen LogP contribution in [0.3, 0.4) is 0 Å². The van der Waals surface area contributed by atoms with E-state index in [0.717, 1.165) is 6.42 Å². The molecule has 0 saturated carbocycles. The summed E-state index contributed by atoms with van der Waals surface area (Å²) in [5, 5.41) is 20.8. The maximum absolute atomic E-state index is 12.9. The molecule has 0 bridgehead atoms. The predicted octanol–water partition coefficient (Wildman–Crippen LogP) is 2.44. The zero-order valence-corrected chi connectivity index (χ0v) is 12.8. The van der Waals surface area contributed by atoms with E-state index in [9.17, 15) is 4.57 Å². The molecule has 1 saturated heterocycles. The minimum Gasteiger partial charge on any atom is -0.368 e. The molecule has 0 amide bonds. The Labute approximate surface area is 117 Å². The van der Waals surface area contributed by atoms with Crippen molar-refractivity contribution in [2.24, 2.45) is 0 Å². The first-order chi connectivity index (χ1) is 9.12. The van der Waals surface area contributed by atoms with Crippen LogP contribution in [0.25, 0.3) is 0 Å². The third kappa shape index (κ3) is 3.67. The van der Waals surface area contributed by atoms with Crippen molar-refractivity contribution in [1.29, 1.82) is 10.5 Å². The van der Waals surface area contributed by atoms with Crippen LogP contribution < -0.4 is 5.32 Å². The van der Waals surface area contributed by atoms with E-state index in [0.29, 0.717) is 31.3 Å². The first-order valence-corrected chi connectivity index (χ1v) is 9.25. The van der Waals surface area contributed by atoms with E-state index in [1.165, 1.54) is 11.4 Å². The van der Waals surface area contributed by atoms with Gasteiger partial charge in [0.05, 0.1) is 6.61 Å². The predicted molar refractivity (Wildman–Crippen MR) is 74.9 cm³/mol.